The van der Waals surface area contributed by atoms with Crippen LogP contribution in [0.4, 0.5) is 5.69 Å². The van der Waals surface area contributed by atoms with Gasteiger partial charge in [-0.1, -0.05) is 24.8 Å². The highest BCUT2D eigenvalue weighted by Gasteiger charge is 2.17. The van der Waals surface area contributed by atoms with Crippen molar-refractivity contribution in [1.82, 2.24) is 9.21 Å². The summed E-state index contributed by atoms with van der Waals surface area (Å²) < 4.78 is 30.8. The Balaban J connectivity index is 1.87. The van der Waals surface area contributed by atoms with Crippen LogP contribution in [0.5, 0.6) is 5.75 Å². The van der Waals surface area contributed by atoms with E-state index in [1.807, 2.05) is 36.2 Å². The summed E-state index contributed by atoms with van der Waals surface area (Å²) in [6.45, 7) is 4.88. The summed E-state index contributed by atoms with van der Waals surface area (Å²) in [5, 5.41) is 2.78. The summed E-state index contributed by atoms with van der Waals surface area (Å²) in [5.41, 5.74) is 1.61. The molecule has 0 atom stereocenters. The van der Waals surface area contributed by atoms with Gasteiger partial charge in [0.1, 0.15) is 12.4 Å². The standard InChI is InChI=1S/C21H27N3O4S/c1-5-14-28-19-10-6-17(7-11-19)15-24(4)16-21(25)22-18-8-12-20(13-9-18)29(26,27)23(2)3/h5-13H,1,14-16H2,2-4H3,(H,22,25). The van der Waals surface area contributed by atoms with Gasteiger partial charge in [-0.3, -0.25) is 9.69 Å². The van der Waals surface area contributed by atoms with Gasteiger partial charge in [-0.05, 0) is 49.0 Å². The Morgan fingerprint density at radius 3 is 2.24 bits per heavy atom. The minimum Gasteiger partial charge on any atom is -0.490 e. The quantitative estimate of drug-likeness (QED) is 0.601. The lowest BCUT2D eigenvalue weighted by molar-refractivity contribution is -0.117. The van der Waals surface area contributed by atoms with Crippen LogP contribution in [-0.2, 0) is 21.4 Å². The zero-order chi connectivity index (χ0) is 21.4. The molecular formula is C21H27N3O4S. The van der Waals surface area contributed by atoms with Crippen molar-refractivity contribution in [2.45, 2.75) is 11.4 Å². The van der Waals surface area contributed by atoms with E-state index in [2.05, 4.69) is 11.9 Å². The zero-order valence-corrected chi connectivity index (χ0v) is 17.8. The molecule has 0 unspecified atom stereocenters. The summed E-state index contributed by atoms with van der Waals surface area (Å²) in [5.74, 6) is 0.593. The molecule has 0 bridgehead atoms. The van der Waals surface area contributed by atoms with Gasteiger partial charge in [0.15, 0.2) is 0 Å². The Labute approximate surface area is 172 Å². The Kier molecular flexibility index (Phi) is 7.95. The van der Waals surface area contributed by atoms with E-state index < -0.39 is 10.0 Å². The highest BCUT2D eigenvalue weighted by molar-refractivity contribution is 7.89. The largest absolute Gasteiger partial charge is 0.490 e. The van der Waals surface area contributed by atoms with E-state index >= 15 is 0 Å². The summed E-state index contributed by atoms with van der Waals surface area (Å²) in [6.07, 6.45) is 1.69. The number of likely N-dealkylation sites (N-methyl/N-ethyl adjacent to an activating group) is 1. The third-order valence-electron chi connectivity index (χ3n) is 4.07. The smallest absolute Gasteiger partial charge is 0.242 e. The predicted molar refractivity (Wildman–Crippen MR) is 114 cm³/mol. The Bertz CT molecular complexity index is 923. The number of amides is 1. The average molecular weight is 418 g/mol. The van der Waals surface area contributed by atoms with Crippen molar-refractivity contribution < 1.29 is 17.9 Å². The molecule has 156 valence electrons. The Morgan fingerprint density at radius 1 is 1.07 bits per heavy atom. The highest BCUT2D eigenvalue weighted by Crippen LogP contribution is 2.17. The number of carbonyl (C=O) groups is 1. The number of rotatable bonds is 10. The van der Waals surface area contributed by atoms with Crippen LogP contribution < -0.4 is 10.1 Å². The number of anilines is 1. The maximum Gasteiger partial charge on any atom is 0.242 e. The maximum atomic E-state index is 12.3. The van der Waals surface area contributed by atoms with E-state index in [1.165, 1.54) is 26.2 Å². The van der Waals surface area contributed by atoms with E-state index in [-0.39, 0.29) is 17.3 Å². The molecule has 0 aliphatic carbocycles. The van der Waals surface area contributed by atoms with E-state index in [9.17, 15) is 13.2 Å². The van der Waals surface area contributed by atoms with Crippen molar-refractivity contribution in [3.8, 4) is 5.75 Å². The van der Waals surface area contributed by atoms with E-state index in [0.717, 1.165) is 15.6 Å². The number of carbonyl (C=O) groups excluding carboxylic acids is 1. The fourth-order valence-corrected chi connectivity index (χ4v) is 3.48. The molecule has 1 amide bonds. The third-order valence-corrected chi connectivity index (χ3v) is 5.90. The maximum absolute atomic E-state index is 12.3. The van der Waals surface area contributed by atoms with Gasteiger partial charge in [-0.25, -0.2) is 12.7 Å². The lowest BCUT2D eigenvalue weighted by atomic mass is 10.2. The Hall–Kier alpha value is -2.68. The third kappa shape index (κ3) is 6.70. The van der Waals surface area contributed by atoms with Crippen molar-refractivity contribution in [2.75, 3.05) is 39.6 Å². The van der Waals surface area contributed by atoms with Crippen molar-refractivity contribution in [1.29, 1.82) is 0 Å². The summed E-state index contributed by atoms with van der Waals surface area (Å²) in [6, 6.07) is 13.8. The summed E-state index contributed by atoms with van der Waals surface area (Å²) in [7, 11) is 1.32. The monoisotopic (exact) mass is 417 g/mol. The van der Waals surface area contributed by atoms with Gasteiger partial charge in [-0.15, -0.1) is 0 Å². The molecule has 0 spiro atoms. The number of nitrogens with zero attached hydrogens (tertiary/aromatic N) is 2. The minimum absolute atomic E-state index is 0.179. The van der Waals surface area contributed by atoms with Crippen molar-refractivity contribution >= 4 is 21.6 Å². The molecule has 0 radical (unpaired) electrons. The van der Waals surface area contributed by atoms with Crippen LogP contribution in [0.25, 0.3) is 0 Å². The number of nitrogens with one attached hydrogen (secondary N) is 1. The van der Waals surface area contributed by atoms with Gasteiger partial charge in [0.05, 0.1) is 11.4 Å². The van der Waals surface area contributed by atoms with Crippen LogP contribution in [-0.4, -0.2) is 57.8 Å². The fourth-order valence-electron chi connectivity index (χ4n) is 2.58. The second kappa shape index (κ2) is 10.2. The number of ether oxygens (including phenoxy) is 1. The highest BCUT2D eigenvalue weighted by atomic mass is 32.2. The number of sulfonamides is 1. The molecule has 8 heteroatoms. The van der Waals surface area contributed by atoms with Crippen LogP contribution in [0, 0.1) is 0 Å². The van der Waals surface area contributed by atoms with Crippen molar-refractivity contribution in [3.05, 3.63) is 66.7 Å². The molecule has 0 fully saturated rings. The summed E-state index contributed by atoms with van der Waals surface area (Å²) in [4.78, 5) is 14.3. The van der Waals surface area contributed by atoms with Gasteiger partial charge < -0.3 is 10.1 Å². The molecule has 2 aromatic rings. The van der Waals surface area contributed by atoms with Crippen LogP contribution >= 0.6 is 0 Å². The molecule has 0 aliphatic rings. The molecule has 29 heavy (non-hydrogen) atoms. The van der Waals surface area contributed by atoms with Gasteiger partial charge in [0, 0.05) is 26.3 Å². The van der Waals surface area contributed by atoms with Gasteiger partial charge in [0.25, 0.3) is 0 Å². The molecule has 0 saturated carbocycles. The molecule has 1 N–H and O–H groups in total. The normalized spacial score (nSPS) is 11.5. The molecule has 2 aromatic carbocycles. The van der Waals surface area contributed by atoms with E-state index in [0.29, 0.717) is 18.8 Å². The lowest BCUT2D eigenvalue weighted by Gasteiger charge is -2.17. The van der Waals surface area contributed by atoms with Gasteiger partial charge in [-0.2, -0.15) is 0 Å². The molecule has 0 heterocycles. The first-order valence-corrected chi connectivity index (χ1v) is 10.5. The first-order chi connectivity index (χ1) is 13.7. The van der Waals surface area contributed by atoms with Crippen LogP contribution in [0.1, 0.15) is 5.56 Å². The number of hydrogen-bond acceptors (Lipinski definition) is 5. The second-order valence-electron chi connectivity index (χ2n) is 6.78. The lowest BCUT2D eigenvalue weighted by Crippen LogP contribution is -2.29. The number of hydrogen-bond donors (Lipinski definition) is 1. The second-order valence-corrected chi connectivity index (χ2v) is 8.93. The first-order valence-electron chi connectivity index (χ1n) is 9.06. The van der Waals surface area contributed by atoms with Crippen LogP contribution in [0.2, 0.25) is 0 Å². The van der Waals surface area contributed by atoms with Crippen molar-refractivity contribution in [3.63, 3.8) is 0 Å². The van der Waals surface area contributed by atoms with Crippen LogP contribution in [0.15, 0.2) is 66.1 Å². The molecule has 0 aromatic heterocycles. The van der Waals surface area contributed by atoms with E-state index in [4.69, 9.17) is 4.74 Å². The zero-order valence-electron chi connectivity index (χ0n) is 17.0. The topological polar surface area (TPSA) is 79.0 Å². The SMILES string of the molecule is C=CCOc1ccc(CN(C)CC(=O)Nc2ccc(S(=O)(=O)N(C)C)cc2)cc1. The fraction of sp³-hybridized carbons (Fsp3) is 0.286. The predicted octanol–water partition coefficient (Wildman–Crippen LogP) is 2.57. The number of benzene rings is 2. The Morgan fingerprint density at radius 2 is 1.69 bits per heavy atom. The molecule has 7 nitrogen and oxygen atoms in total. The molecule has 0 aliphatic heterocycles. The van der Waals surface area contributed by atoms with Crippen molar-refractivity contribution in [2.24, 2.45) is 0 Å². The average Bonchev–Trinajstić information content (AvgIpc) is 2.67. The molecule has 0 saturated heterocycles. The molecule has 2 rings (SSSR count). The van der Waals surface area contributed by atoms with Gasteiger partial charge >= 0.3 is 0 Å². The van der Waals surface area contributed by atoms with E-state index in [1.54, 1.807) is 18.2 Å². The minimum atomic E-state index is -3.49. The van der Waals surface area contributed by atoms with Crippen LogP contribution in [0.3, 0.4) is 0 Å². The summed E-state index contributed by atoms with van der Waals surface area (Å²) >= 11 is 0. The first kappa shape index (κ1) is 22.6. The molecular weight excluding hydrogens is 390 g/mol. The van der Waals surface area contributed by atoms with Gasteiger partial charge in [0.2, 0.25) is 15.9 Å².